The Morgan fingerprint density at radius 2 is 1.32 bits per heavy atom. The van der Waals surface area contributed by atoms with Crippen LogP contribution in [0.2, 0.25) is 0 Å². The van der Waals surface area contributed by atoms with Crippen LogP contribution in [0.5, 0.6) is 0 Å². The molecule has 0 heterocycles. The van der Waals surface area contributed by atoms with Crippen LogP contribution in [-0.2, 0) is 9.53 Å². The molecule has 0 aliphatic carbocycles. The van der Waals surface area contributed by atoms with Gasteiger partial charge < -0.3 is 9.84 Å². The summed E-state index contributed by atoms with van der Waals surface area (Å²) in [6.45, 7) is 6.27. The van der Waals surface area contributed by atoms with E-state index in [0.29, 0.717) is 13.0 Å². The number of unbranched alkanes of at least 4 members (excludes halogenated alkanes) is 10. The van der Waals surface area contributed by atoms with Crippen LogP contribution < -0.4 is 0 Å². The van der Waals surface area contributed by atoms with Crippen molar-refractivity contribution in [1.82, 2.24) is 0 Å². The number of ether oxygens (including phenoxy) is 1. The molecule has 0 bridgehead atoms. The van der Waals surface area contributed by atoms with E-state index in [1.807, 2.05) is 6.92 Å². The van der Waals surface area contributed by atoms with Crippen LogP contribution in [0.25, 0.3) is 0 Å². The van der Waals surface area contributed by atoms with Crippen LogP contribution in [0.3, 0.4) is 0 Å². The van der Waals surface area contributed by atoms with Crippen molar-refractivity contribution in [3.63, 3.8) is 0 Å². The minimum atomic E-state index is -0.724. The van der Waals surface area contributed by atoms with Gasteiger partial charge in [0.2, 0.25) is 0 Å². The molecule has 0 amide bonds. The van der Waals surface area contributed by atoms with E-state index in [-0.39, 0.29) is 12.6 Å². The lowest BCUT2D eigenvalue weighted by Crippen LogP contribution is -2.33. The van der Waals surface area contributed by atoms with Crippen LogP contribution in [0.15, 0.2) is 0 Å². The van der Waals surface area contributed by atoms with Crippen molar-refractivity contribution in [1.29, 1.82) is 0 Å². The van der Waals surface area contributed by atoms with E-state index in [2.05, 4.69) is 6.92 Å². The van der Waals surface area contributed by atoms with Gasteiger partial charge in [-0.25, -0.2) is 0 Å². The molecule has 0 saturated heterocycles. The summed E-state index contributed by atoms with van der Waals surface area (Å²) in [5, 5.41) is 9.25. The number of aliphatic hydroxyl groups excluding tert-OH is 1. The Balaban J connectivity index is 3.35. The van der Waals surface area contributed by atoms with Gasteiger partial charge in [-0.05, 0) is 19.8 Å². The summed E-state index contributed by atoms with van der Waals surface area (Å²) in [5.74, 6) is -0.260. The minimum Gasteiger partial charge on any atom is -0.465 e. The van der Waals surface area contributed by atoms with Crippen molar-refractivity contribution in [3.8, 4) is 0 Å². The van der Waals surface area contributed by atoms with Crippen molar-refractivity contribution >= 4 is 5.97 Å². The van der Waals surface area contributed by atoms with Crippen molar-refractivity contribution in [2.24, 2.45) is 5.41 Å². The smallest absolute Gasteiger partial charge is 0.314 e. The summed E-state index contributed by atoms with van der Waals surface area (Å²) in [4.78, 5) is 11.8. The third-order valence-corrected chi connectivity index (χ3v) is 4.60. The average molecular weight is 315 g/mol. The van der Waals surface area contributed by atoms with E-state index in [1.54, 1.807) is 6.92 Å². The zero-order valence-corrected chi connectivity index (χ0v) is 15.2. The van der Waals surface area contributed by atoms with Crippen LogP contribution >= 0.6 is 0 Å². The van der Waals surface area contributed by atoms with E-state index in [1.165, 1.54) is 57.8 Å². The third kappa shape index (κ3) is 10.2. The number of rotatable bonds is 15. The molecule has 22 heavy (non-hydrogen) atoms. The molecule has 0 aliphatic rings. The predicted octanol–water partition coefficient (Wildman–Crippen LogP) is 5.25. The number of carbonyl (C=O) groups excluding carboxylic acids is 1. The third-order valence-electron chi connectivity index (χ3n) is 4.60. The molecule has 1 unspecified atom stereocenters. The zero-order chi connectivity index (χ0) is 16.7. The normalized spacial score (nSPS) is 13.8. The number of hydrogen-bond acceptors (Lipinski definition) is 3. The maximum Gasteiger partial charge on any atom is 0.314 e. The van der Waals surface area contributed by atoms with E-state index in [0.717, 1.165) is 12.8 Å². The molecule has 0 aromatic heterocycles. The van der Waals surface area contributed by atoms with Crippen LogP contribution in [0, 0.1) is 5.41 Å². The SMILES string of the molecule is CCCCCCCCCCCCCOC(=O)C(C)(CC)CO. The molecule has 0 aromatic rings. The van der Waals surface area contributed by atoms with E-state index >= 15 is 0 Å². The van der Waals surface area contributed by atoms with Crippen molar-refractivity contribution in [2.45, 2.75) is 97.8 Å². The van der Waals surface area contributed by atoms with Gasteiger partial charge in [0.15, 0.2) is 0 Å². The van der Waals surface area contributed by atoms with Gasteiger partial charge in [-0.15, -0.1) is 0 Å². The van der Waals surface area contributed by atoms with Gasteiger partial charge in [0.25, 0.3) is 0 Å². The molecule has 0 saturated carbocycles. The van der Waals surface area contributed by atoms with Gasteiger partial charge >= 0.3 is 5.97 Å². The molecule has 3 heteroatoms. The second kappa shape index (κ2) is 14.0. The van der Waals surface area contributed by atoms with Crippen LogP contribution in [0.1, 0.15) is 97.8 Å². The van der Waals surface area contributed by atoms with E-state index in [4.69, 9.17) is 4.74 Å². The molecule has 0 radical (unpaired) electrons. The molecular formula is C19H38O3. The average Bonchev–Trinajstić information content (AvgIpc) is 2.54. The van der Waals surface area contributed by atoms with Gasteiger partial charge in [-0.2, -0.15) is 0 Å². The topological polar surface area (TPSA) is 46.5 Å². The first-order chi connectivity index (χ1) is 10.6. The zero-order valence-electron chi connectivity index (χ0n) is 15.2. The lowest BCUT2D eigenvalue weighted by atomic mass is 9.89. The molecule has 1 N–H and O–H groups in total. The van der Waals surface area contributed by atoms with Gasteiger partial charge in [0.05, 0.1) is 18.6 Å². The minimum absolute atomic E-state index is 0.138. The maximum absolute atomic E-state index is 11.8. The fourth-order valence-electron chi connectivity index (χ4n) is 2.43. The highest BCUT2D eigenvalue weighted by molar-refractivity contribution is 5.76. The first-order valence-corrected chi connectivity index (χ1v) is 9.38. The number of esters is 1. The molecule has 0 aliphatic heterocycles. The highest BCUT2D eigenvalue weighted by atomic mass is 16.5. The monoisotopic (exact) mass is 314 g/mol. The van der Waals surface area contributed by atoms with Gasteiger partial charge in [0, 0.05) is 0 Å². The Labute approximate surface area is 137 Å². The van der Waals surface area contributed by atoms with Crippen molar-refractivity contribution in [3.05, 3.63) is 0 Å². The summed E-state index contributed by atoms with van der Waals surface area (Å²) in [6.07, 6.45) is 14.8. The fourth-order valence-corrected chi connectivity index (χ4v) is 2.43. The Bertz CT molecular complexity index is 259. The molecule has 1 atom stereocenters. The van der Waals surface area contributed by atoms with Gasteiger partial charge in [-0.3, -0.25) is 4.79 Å². The summed E-state index contributed by atoms with van der Waals surface area (Å²) in [5.41, 5.74) is -0.724. The van der Waals surface area contributed by atoms with E-state index in [9.17, 15) is 9.90 Å². The molecular weight excluding hydrogens is 276 g/mol. The summed E-state index contributed by atoms with van der Waals surface area (Å²) < 4.78 is 5.27. The Morgan fingerprint density at radius 1 is 0.864 bits per heavy atom. The van der Waals surface area contributed by atoms with Crippen LogP contribution in [0.4, 0.5) is 0 Å². The van der Waals surface area contributed by atoms with E-state index < -0.39 is 5.41 Å². The number of carbonyl (C=O) groups is 1. The second-order valence-corrected chi connectivity index (χ2v) is 6.74. The highest BCUT2D eigenvalue weighted by Crippen LogP contribution is 2.22. The summed E-state index contributed by atoms with van der Waals surface area (Å²) in [7, 11) is 0. The highest BCUT2D eigenvalue weighted by Gasteiger charge is 2.31. The second-order valence-electron chi connectivity index (χ2n) is 6.74. The van der Waals surface area contributed by atoms with Gasteiger partial charge in [0.1, 0.15) is 0 Å². The molecule has 132 valence electrons. The number of hydrogen-bond donors (Lipinski definition) is 1. The number of aliphatic hydroxyl groups is 1. The van der Waals surface area contributed by atoms with Crippen LogP contribution in [-0.4, -0.2) is 24.3 Å². The molecule has 0 aromatic carbocycles. The van der Waals surface area contributed by atoms with Crippen molar-refractivity contribution in [2.75, 3.05) is 13.2 Å². The van der Waals surface area contributed by atoms with Gasteiger partial charge in [-0.1, -0.05) is 78.1 Å². The standard InChI is InChI=1S/C19H38O3/c1-4-6-7-8-9-10-11-12-13-14-15-16-22-18(21)19(3,5-2)17-20/h20H,4-17H2,1-3H3. The summed E-state index contributed by atoms with van der Waals surface area (Å²) in [6, 6.07) is 0. The fraction of sp³-hybridized carbons (Fsp3) is 0.947. The Kier molecular flexibility index (Phi) is 13.7. The molecule has 0 rings (SSSR count). The predicted molar refractivity (Wildman–Crippen MR) is 92.9 cm³/mol. The van der Waals surface area contributed by atoms with Crippen molar-refractivity contribution < 1.29 is 14.6 Å². The Hall–Kier alpha value is -0.570. The first kappa shape index (κ1) is 21.4. The summed E-state index contributed by atoms with van der Waals surface area (Å²) >= 11 is 0. The lowest BCUT2D eigenvalue weighted by molar-refractivity contribution is -0.157. The first-order valence-electron chi connectivity index (χ1n) is 9.38. The quantitative estimate of drug-likeness (QED) is 0.332. The maximum atomic E-state index is 11.8. The molecule has 0 fully saturated rings. The Morgan fingerprint density at radius 3 is 1.73 bits per heavy atom. The molecule has 0 spiro atoms. The largest absolute Gasteiger partial charge is 0.465 e. The lowest BCUT2D eigenvalue weighted by Gasteiger charge is -2.23. The molecule has 3 nitrogen and oxygen atoms in total.